The number of rotatable bonds is 2. The Morgan fingerprint density at radius 3 is 3.00 bits per heavy atom. The van der Waals surface area contributed by atoms with Gasteiger partial charge in [0.15, 0.2) is 5.82 Å². The van der Waals surface area contributed by atoms with Crippen LogP contribution in [-0.2, 0) is 0 Å². The molecule has 1 amide bonds. The molecule has 2 rings (SSSR count). The normalized spacial score (nSPS) is 19.7. The Balaban J connectivity index is 2.18. The van der Waals surface area contributed by atoms with Crippen molar-refractivity contribution in [3.05, 3.63) is 29.6 Å². The number of aromatic nitrogens is 1. The maximum Gasteiger partial charge on any atom is 0.257 e. The first-order chi connectivity index (χ1) is 8.13. The van der Waals surface area contributed by atoms with E-state index in [1.165, 1.54) is 4.90 Å². The molecule has 1 fully saturated rings. The van der Waals surface area contributed by atoms with Crippen LogP contribution in [0.4, 0.5) is 8.78 Å². The van der Waals surface area contributed by atoms with Gasteiger partial charge in [0.25, 0.3) is 5.91 Å². The van der Waals surface area contributed by atoms with E-state index in [1.807, 2.05) is 0 Å². The second kappa shape index (κ2) is 4.75. The molecular formula is C11H12F2N2O2. The van der Waals surface area contributed by atoms with E-state index in [2.05, 4.69) is 4.98 Å². The lowest BCUT2D eigenvalue weighted by molar-refractivity contribution is 0.0775. The minimum absolute atomic E-state index is 0.00301. The maximum atomic E-state index is 13.4. The molecule has 1 saturated heterocycles. The molecule has 92 valence electrons. The lowest BCUT2D eigenvalue weighted by Crippen LogP contribution is -2.30. The smallest absolute Gasteiger partial charge is 0.257 e. The van der Waals surface area contributed by atoms with Crippen molar-refractivity contribution in [3.8, 4) is 0 Å². The van der Waals surface area contributed by atoms with Crippen LogP contribution < -0.4 is 0 Å². The molecule has 0 radical (unpaired) electrons. The first kappa shape index (κ1) is 11.9. The Bertz CT molecular complexity index is 439. The zero-order valence-corrected chi connectivity index (χ0v) is 9.07. The van der Waals surface area contributed by atoms with Gasteiger partial charge in [-0.15, -0.1) is 0 Å². The van der Waals surface area contributed by atoms with Crippen LogP contribution in [0, 0.1) is 17.7 Å². The van der Waals surface area contributed by atoms with E-state index >= 15 is 0 Å². The minimum Gasteiger partial charge on any atom is -0.396 e. The summed E-state index contributed by atoms with van der Waals surface area (Å²) in [5, 5.41) is 8.95. The number of carbonyl (C=O) groups excluding carboxylic acids is 1. The SMILES string of the molecule is O=C(c1ccnc(F)c1F)N1CCC(CO)C1. The minimum atomic E-state index is -1.27. The summed E-state index contributed by atoms with van der Waals surface area (Å²) in [5.41, 5.74) is -0.309. The van der Waals surface area contributed by atoms with Crippen LogP contribution in [0.25, 0.3) is 0 Å². The van der Waals surface area contributed by atoms with Crippen molar-refractivity contribution in [2.24, 2.45) is 5.92 Å². The maximum absolute atomic E-state index is 13.4. The Morgan fingerprint density at radius 2 is 2.35 bits per heavy atom. The van der Waals surface area contributed by atoms with Gasteiger partial charge in [-0.1, -0.05) is 0 Å². The molecule has 2 heterocycles. The largest absolute Gasteiger partial charge is 0.396 e. The average molecular weight is 242 g/mol. The molecule has 1 aliphatic rings. The average Bonchev–Trinajstić information content (AvgIpc) is 2.80. The number of carbonyl (C=O) groups is 1. The molecule has 0 saturated carbocycles. The number of aliphatic hydroxyl groups excluding tert-OH is 1. The fraction of sp³-hybridized carbons (Fsp3) is 0.455. The molecule has 0 aliphatic carbocycles. The van der Waals surface area contributed by atoms with Crippen molar-refractivity contribution in [1.29, 1.82) is 0 Å². The van der Waals surface area contributed by atoms with Crippen molar-refractivity contribution < 1.29 is 18.7 Å². The summed E-state index contributed by atoms with van der Waals surface area (Å²) >= 11 is 0. The van der Waals surface area contributed by atoms with E-state index < -0.39 is 17.7 Å². The Labute approximate surface area is 96.9 Å². The molecule has 1 aliphatic heterocycles. The number of hydrogen-bond donors (Lipinski definition) is 1. The molecule has 1 unspecified atom stereocenters. The van der Waals surface area contributed by atoms with Gasteiger partial charge in [0, 0.05) is 31.8 Å². The van der Waals surface area contributed by atoms with Crippen molar-refractivity contribution in [1.82, 2.24) is 9.88 Å². The van der Waals surface area contributed by atoms with Crippen LogP contribution in [0.2, 0.25) is 0 Å². The van der Waals surface area contributed by atoms with Crippen LogP contribution in [0.5, 0.6) is 0 Å². The third-order valence-corrected chi connectivity index (χ3v) is 2.91. The number of hydrogen-bond acceptors (Lipinski definition) is 3. The number of pyridine rings is 1. The topological polar surface area (TPSA) is 53.4 Å². The summed E-state index contributed by atoms with van der Waals surface area (Å²) in [5.74, 6) is -3.02. The summed E-state index contributed by atoms with van der Waals surface area (Å²) in [6.07, 6.45) is 1.74. The molecule has 1 aromatic rings. The number of amides is 1. The summed E-state index contributed by atoms with van der Waals surface area (Å²) in [4.78, 5) is 16.4. The van der Waals surface area contributed by atoms with Gasteiger partial charge in [-0.3, -0.25) is 4.79 Å². The third-order valence-electron chi connectivity index (χ3n) is 2.91. The van der Waals surface area contributed by atoms with Crippen LogP contribution in [0.15, 0.2) is 12.3 Å². The lowest BCUT2D eigenvalue weighted by atomic mass is 10.1. The van der Waals surface area contributed by atoms with E-state index in [-0.39, 0.29) is 18.1 Å². The van der Waals surface area contributed by atoms with E-state index in [9.17, 15) is 13.6 Å². The van der Waals surface area contributed by atoms with Gasteiger partial charge in [-0.05, 0) is 12.5 Å². The van der Waals surface area contributed by atoms with Crippen molar-refractivity contribution in [2.75, 3.05) is 19.7 Å². The van der Waals surface area contributed by atoms with Crippen molar-refractivity contribution >= 4 is 5.91 Å². The Hall–Kier alpha value is -1.56. The second-order valence-corrected chi connectivity index (χ2v) is 4.05. The van der Waals surface area contributed by atoms with E-state index in [1.54, 1.807) is 0 Å². The molecule has 17 heavy (non-hydrogen) atoms. The standard InChI is InChI=1S/C11H12F2N2O2/c12-9-8(1-3-14-10(9)13)11(17)15-4-2-7(5-15)6-16/h1,3,7,16H,2,4-6H2. The predicted octanol–water partition coefficient (Wildman–Crippen LogP) is 0.814. The molecule has 0 aromatic carbocycles. The first-order valence-electron chi connectivity index (χ1n) is 5.33. The first-order valence-corrected chi connectivity index (χ1v) is 5.33. The quantitative estimate of drug-likeness (QED) is 0.781. The monoisotopic (exact) mass is 242 g/mol. The fourth-order valence-electron chi connectivity index (χ4n) is 1.92. The number of likely N-dealkylation sites (tertiary alicyclic amines) is 1. The van der Waals surface area contributed by atoms with Gasteiger partial charge < -0.3 is 10.0 Å². The van der Waals surface area contributed by atoms with Gasteiger partial charge in [0.05, 0.1) is 5.56 Å². The molecule has 1 aromatic heterocycles. The van der Waals surface area contributed by atoms with Crippen LogP contribution >= 0.6 is 0 Å². The molecule has 6 heteroatoms. The fourth-order valence-corrected chi connectivity index (χ4v) is 1.92. The van der Waals surface area contributed by atoms with Gasteiger partial charge in [0.1, 0.15) is 0 Å². The van der Waals surface area contributed by atoms with Crippen molar-refractivity contribution in [2.45, 2.75) is 6.42 Å². The summed E-state index contributed by atoms with van der Waals surface area (Å²) in [6, 6.07) is 1.16. The lowest BCUT2D eigenvalue weighted by Gasteiger charge is -2.16. The molecule has 1 N–H and O–H groups in total. The highest BCUT2D eigenvalue weighted by Gasteiger charge is 2.28. The Morgan fingerprint density at radius 1 is 1.59 bits per heavy atom. The van der Waals surface area contributed by atoms with Gasteiger partial charge >= 0.3 is 0 Å². The Kier molecular flexibility index (Phi) is 3.33. The highest BCUT2D eigenvalue weighted by Crippen LogP contribution is 2.19. The van der Waals surface area contributed by atoms with Gasteiger partial charge in [-0.2, -0.15) is 4.39 Å². The molecule has 0 bridgehead atoms. The number of nitrogens with zero attached hydrogens (tertiary/aromatic N) is 2. The molecule has 1 atom stereocenters. The number of halogens is 2. The highest BCUT2D eigenvalue weighted by molar-refractivity contribution is 5.94. The molecule has 0 spiro atoms. The van der Waals surface area contributed by atoms with E-state index in [0.717, 1.165) is 12.3 Å². The molecule has 4 nitrogen and oxygen atoms in total. The van der Waals surface area contributed by atoms with E-state index in [4.69, 9.17) is 5.11 Å². The zero-order chi connectivity index (χ0) is 12.4. The molecular weight excluding hydrogens is 230 g/mol. The van der Waals surface area contributed by atoms with Gasteiger partial charge in [-0.25, -0.2) is 9.37 Å². The number of aliphatic hydroxyl groups is 1. The summed E-state index contributed by atoms with van der Waals surface area (Å²) in [7, 11) is 0. The highest BCUT2D eigenvalue weighted by atomic mass is 19.2. The van der Waals surface area contributed by atoms with E-state index in [0.29, 0.717) is 19.5 Å². The second-order valence-electron chi connectivity index (χ2n) is 4.05. The summed E-state index contributed by atoms with van der Waals surface area (Å²) < 4.78 is 26.2. The van der Waals surface area contributed by atoms with Gasteiger partial charge in [0.2, 0.25) is 5.95 Å². The van der Waals surface area contributed by atoms with Crippen molar-refractivity contribution in [3.63, 3.8) is 0 Å². The van der Waals surface area contributed by atoms with Crippen LogP contribution in [0.1, 0.15) is 16.8 Å². The zero-order valence-electron chi connectivity index (χ0n) is 9.07. The van der Waals surface area contributed by atoms with Crippen LogP contribution in [-0.4, -0.2) is 40.6 Å². The summed E-state index contributed by atoms with van der Waals surface area (Å²) in [6.45, 7) is 0.823. The third kappa shape index (κ3) is 2.26. The predicted molar refractivity (Wildman–Crippen MR) is 55.2 cm³/mol. The van der Waals surface area contributed by atoms with Crippen LogP contribution in [0.3, 0.4) is 0 Å².